The first kappa shape index (κ1) is 11.0. The standard InChI is InChI=1S/C10H16O2/c1-2-3-4-5-6-7-8-9-12-10-11/h3-4,7-8,10H,2,5-6,9H2,1H3. The molecule has 2 heteroatoms. The monoisotopic (exact) mass is 168 g/mol. The van der Waals surface area contributed by atoms with E-state index in [2.05, 4.69) is 23.8 Å². The molecule has 68 valence electrons. The van der Waals surface area contributed by atoms with Gasteiger partial charge in [-0.15, -0.1) is 0 Å². The lowest BCUT2D eigenvalue weighted by molar-refractivity contribution is -0.127. The maximum Gasteiger partial charge on any atom is 0.293 e. The van der Waals surface area contributed by atoms with Crippen molar-refractivity contribution in [2.75, 3.05) is 6.61 Å². The summed E-state index contributed by atoms with van der Waals surface area (Å²) in [5.41, 5.74) is 0. The first-order valence-electron chi connectivity index (χ1n) is 4.27. The van der Waals surface area contributed by atoms with Crippen LogP contribution >= 0.6 is 0 Å². The molecule has 0 aliphatic carbocycles. The molecule has 0 aromatic carbocycles. The Morgan fingerprint density at radius 2 is 1.75 bits per heavy atom. The Morgan fingerprint density at radius 1 is 1.08 bits per heavy atom. The van der Waals surface area contributed by atoms with Crippen molar-refractivity contribution in [3.8, 4) is 0 Å². The minimum absolute atomic E-state index is 0.390. The molecule has 2 nitrogen and oxygen atoms in total. The van der Waals surface area contributed by atoms with E-state index < -0.39 is 0 Å². The Kier molecular flexibility index (Phi) is 9.08. The molecule has 0 heterocycles. The number of carbonyl (C=O) groups excluding carboxylic acids is 1. The number of allylic oxidation sites excluding steroid dienone is 3. The van der Waals surface area contributed by atoms with Crippen LogP contribution in [0.5, 0.6) is 0 Å². The minimum atomic E-state index is 0.390. The van der Waals surface area contributed by atoms with E-state index in [4.69, 9.17) is 0 Å². The molecule has 0 atom stereocenters. The molecule has 0 aliphatic heterocycles. The largest absolute Gasteiger partial charge is 0.464 e. The summed E-state index contributed by atoms with van der Waals surface area (Å²) < 4.78 is 4.48. The normalized spacial score (nSPS) is 11.1. The third-order valence-corrected chi connectivity index (χ3v) is 1.33. The van der Waals surface area contributed by atoms with Gasteiger partial charge in [0.2, 0.25) is 0 Å². The zero-order chi connectivity index (χ0) is 9.07. The zero-order valence-corrected chi connectivity index (χ0v) is 7.53. The number of hydrogen-bond donors (Lipinski definition) is 0. The topological polar surface area (TPSA) is 26.3 Å². The average Bonchev–Trinajstić information content (AvgIpc) is 2.10. The molecule has 0 aromatic rings. The van der Waals surface area contributed by atoms with Gasteiger partial charge in [-0.3, -0.25) is 4.79 Å². The lowest BCUT2D eigenvalue weighted by atomic mass is 10.2. The van der Waals surface area contributed by atoms with Crippen LogP contribution in [0, 0.1) is 0 Å². The second-order valence-electron chi connectivity index (χ2n) is 2.36. The quantitative estimate of drug-likeness (QED) is 0.331. The van der Waals surface area contributed by atoms with Gasteiger partial charge in [-0.05, 0) is 19.3 Å². The third-order valence-electron chi connectivity index (χ3n) is 1.33. The number of carbonyl (C=O) groups is 1. The molecule has 0 bridgehead atoms. The van der Waals surface area contributed by atoms with Gasteiger partial charge in [0.05, 0.1) is 0 Å². The van der Waals surface area contributed by atoms with Gasteiger partial charge in [0.1, 0.15) is 6.61 Å². The first-order chi connectivity index (χ1) is 5.91. The zero-order valence-electron chi connectivity index (χ0n) is 7.53. The predicted molar refractivity (Wildman–Crippen MR) is 49.8 cm³/mol. The maximum absolute atomic E-state index is 9.71. The molecule has 0 aromatic heterocycles. The van der Waals surface area contributed by atoms with Crippen molar-refractivity contribution in [1.29, 1.82) is 0 Å². The lowest BCUT2D eigenvalue weighted by Gasteiger charge is -1.88. The molecule has 0 saturated heterocycles. The summed E-state index contributed by atoms with van der Waals surface area (Å²) in [6, 6.07) is 0. The van der Waals surface area contributed by atoms with Gasteiger partial charge in [-0.25, -0.2) is 0 Å². The summed E-state index contributed by atoms with van der Waals surface area (Å²) in [5.74, 6) is 0. The molecule has 12 heavy (non-hydrogen) atoms. The predicted octanol–water partition coefficient (Wildman–Crippen LogP) is 2.46. The van der Waals surface area contributed by atoms with Crippen LogP contribution in [0.15, 0.2) is 24.3 Å². The van der Waals surface area contributed by atoms with Crippen LogP contribution in [0.1, 0.15) is 26.2 Å². The van der Waals surface area contributed by atoms with Crippen LogP contribution in [0.4, 0.5) is 0 Å². The van der Waals surface area contributed by atoms with Crippen LogP contribution in [0.25, 0.3) is 0 Å². The highest BCUT2D eigenvalue weighted by Crippen LogP contribution is 1.93. The van der Waals surface area contributed by atoms with E-state index in [0.717, 1.165) is 19.3 Å². The highest BCUT2D eigenvalue weighted by Gasteiger charge is 1.77. The van der Waals surface area contributed by atoms with E-state index in [1.54, 1.807) is 0 Å². The third kappa shape index (κ3) is 8.95. The molecule has 0 spiro atoms. The number of hydrogen-bond acceptors (Lipinski definition) is 2. The lowest BCUT2D eigenvalue weighted by Crippen LogP contribution is -1.84. The van der Waals surface area contributed by atoms with Crippen LogP contribution in [0.2, 0.25) is 0 Å². The van der Waals surface area contributed by atoms with E-state index >= 15 is 0 Å². The SMILES string of the molecule is CCC=CCCC=CCOC=O. The van der Waals surface area contributed by atoms with Crippen molar-refractivity contribution in [1.82, 2.24) is 0 Å². The first-order valence-corrected chi connectivity index (χ1v) is 4.27. The van der Waals surface area contributed by atoms with Gasteiger partial charge in [-0.1, -0.05) is 31.2 Å². The van der Waals surface area contributed by atoms with Crippen molar-refractivity contribution < 1.29 is 9.53 Å². The molecule has 0 saturated carbocycles. The van der Waals surface area contributed by atoms with Gasteiger partial charge in [0, 0.05) is 0 Å². The van der Waals surface area contributed by atoms with Gasteiger partial charge >= 0.3 is 0 Å². The summed E-state index contributed by atoms with van der Waals surface area (Å²) in [5, 5.41) is 0. The summed E-state index contributed by atoms with van der Waals surface area (Å²) in [7, 11) is 0. The Hall–Kier alpha value is -1.05. The van der Waals surface area contributed by atoms with E-state index in [9.17, 15) is 4.79 Å². The van der Waals surface area contributed by atoms with Crippen molar-refractivity contribution in [3.05, 3.63) is 24.3 Å². The molecular formula is C10H16O2. The van der Waals surface area contributed by atoms with E-state index in [1.807, 2.05) is 12.2 Å². The van der Waals surface area contributed by atoms with Gasteiger partial charge in [-0.2, -0.15) is 0 Å². The van der Waals surface area contributed by atoms with E-state index in [-0.39, 0.29) is 0 Å². The Balaban J connectivity index is 3.12. The Morgan fingerprint density at radius 3 is 2.33 bits per heavy atom. The van der Waals surface area contributed by atoms with Gasteiger partial charge in [0.25, 0.3) is 6.47 Å². The maximum atomic E-state index is 9.71. The molecule has 0 radical (unpaired) electrons. The number of unbranched alkanes of at least 4 members (excludes halogenated alkanes) is 1. The van der Waals surface area contributed by atoms with Gasteiger partial charge < -0.3 is 4.74 Å². The van der Waals surface area contributed by atoms with Crippen molar-refractivity contribution >= 4 is 6.47 Å². The fourth-order valence-corrected chi connectivity index (χ4v) is 0.758. The molecule has 0 amide bonds. The summed E-state index contributed by atoms with van der Waals surface area (Å²) in [4.78, 5) is 9.71. The average molecular weight is 168 g/mol. The van der Waals surface area contributed by atoms with E-state index in [0.29, 0.717) is 13.1 Å². The summed E-state index contributed by atoms with van der Waals surface area (Å²) in [6.45, 7) is 2.96. The van der Waals surface area contributed by atoms with Crippen molar-refractivity contribution in [2.24, 2.45) is 0 Å². The fraction of sp³-hybridized carbons (Fsp3) is 0.500. The minimum Gasteiger partial charge on any atom is -0.464 e. The number of ether oxygens (including phenoxy) is 1. The Bertz CT molecular complexity index is 148. The van der Waals surface area contributed by atoms with Crippen LogP contribution in [-0.4, -0.2) is 13.1 Å². The smallest absolute Gasteiger partial charge is 0.293 e. The molecule has 0 rings (SSSR count). The van der Waals surface area contributed by atoms with Crippen LogP contribution in [0.3, 0.4) is 0 Å². The van der Waals surface area contributed by atoms with Crippen LogP contribution < -0.4 is 0 Å². The van der Waals surface area contributed by atoms with Crippen LogP contribution in [-0.2, 0) is 9.53 Å². The van der Waals surface area contributed by atoms with Crippen molar-refractivity contribution in [2.45, 2.75) is 26.2 Å². The molecule has 0 N–H and O–H groups in total. The molecular weight excluding hydrogens is 152 g/mol. The molecule has 0 unspecified atom stereocenters. The molecule has 0 aliphatic rings. The number of rotatable bonds is 7. The van der Waals surface area contributed by atoms with Gasteiger partial charge in [0.15, 0.2) is 0 Å². The summed E-state index contributed by atoms with van der Waals surface area (Å²) in [6.07, 6.45) is 11.3. The van der Waals surface area contributed by atoms with E-state index in [1.165, 1.54) is 0 Å². The highest BCUT2D eigenvalue weighted by atomic mass is 16.5. The second-order valence-corrected chi connectivity index (χ2v) is 2.36. The molecule has 0 fully saturated rings. The Labute approximate surface area is 73.9 Å². The summed E-state index contributed by atoms with van der Waals surface area (Å²) >= 11 is 0. The van der Waals surface area contributed by atoms with Crippen molar-refractivity contribution in [3.63, 3.8) is 0 Å². The highest BCUT2D eigenvalue weighted by molar-refractivity contribution is 5.37. The second kappa shape index (κ2) is 9.95. The fourth-order valence-electron chi connectivity index (χ4n) is 0.758.